The topological polar surface area (TPSA) is 78.0 Å². The number of halogens is 3. The molecule has 1 amide bonds. The largest absolute Gasteiger partial charge is 0.573 e. The van der Waals surface area contributed by atoms with Crippen LogP contribution >= 0.6 is 0 Å². The smallest absolute Gasteiger partial charge is 0.405 e. The van der Waals surface area contributed by atoms with Gasteiger partial charge < -0.3 is 25.6 Å². The van der Waals surface area contributed by atoms with Gasteiger partial charge in [-0.15, -0.1) is 13.2 Å². The highest BCUT2D eigenvalue weighted by molar-refractivity contribution is 5.92. The van der Waals surface area contributed by atoms with Crippen LogP contribution in [-0.2, 0) is 17.9 Å². The molecule has 168 valence electrons. The Hall–Kier alpha value is -3.27. The minimum atomic E-state index is -4.76. The molecule has 0 aromatic heterocycles. The van der Waals surface area contributed by atoms with Crippen molar-refractivity contribution < 1.29 is 22.7 Å². The fraction of sp³-hybridized carbons (Fsp3) is 0.333. The van der Waals surface area contributed by atoms with Gasteiger partial charge in [-0.1, -0.05) is 30.3 Å². The Kier molecular flexibility index (Phi) is 8.68. The highest BCUT2D eigenvalue weighted by Gasteiger charge is 2.31. The highest BCUT2D eigenvalue weighted by Crippen LogP contribution is 2.26. The molecule has 0 atom stereocenters. The molecule has 0 aliphatic heterocycles. The van der Waals surface area contributed by atoms with E-state index in [2.05, 4.69) is 25.7 Å². The highest BCUT2D eigenvalue weighted by atomic mass is 19.4. The zero-order valence-electron chi connectivity index (χ0n) is 17.6. The second kappa shape index (κ2) is 11.2. The molecular weight excluding hydrogens is 411 g/mol. The summed E-state index contributed by atoms with van der Waals surface area (Å²) in [5, 5.41) is 8.88. The summed E-state index contributed by atoms with van der Waals surface area (Å²) < 4.78 is 41.7. The Bertz CT molecular complexity index is 901. The number of para-hydroxylation sites is 1. The molecule has 0 radical (unpaired) electrons. The van der Waals surface area contributed by atoms with E-state index in [1.165, 1.54) is 12.1 Å². The number of nitrogens with one attached hydrogen (secondary N) is 3. The van der Waals surface area contributed by atoms with Crippen LogP contribution in [0.4, 0.5) is 18.9 Å². The minimum Gasteiger partial charge on any atom is -0.405 e. The van der Waals surface area contributed by atoms with Crippen molar-refractivity contribution in [1.82, 2.24) is 15.5 Å². The molecule has 2 aromatic rings. The minimum absolute atomic E-state index is 0.0898. The van der Waals surface area contributed by atoms with Crippen LogP contribution in [0.3, 0.4) is 0 Å². The lowest BCUT2D eigenvalue weighted by Crippen LogP contribution is -2.36. The second-order valence-corrected chi connectivity index (χ2v) is 6.92. The Morgan fingerprint density at radius 1 is 1.06 bits per heavy atom. The van der Waals surface area contributed by atoms with Crippen LogP contribution in [0.2, 0.25) is 0 Å². The number of hydrogen-bond donors (Lipinski definition) is 3. The van der Waals surface area contributed by atoms with E-state index in [1.54, 1.807) is 30.1 Å². The van der Waals surface area contributed by atoms with Crippen LogP contribution in [0, 0.1) is 0 Å². The van der Waals surface area contributed by atoms with Crippen LogP contribution in [0.25, 0.3) is 0 Å². The summed E-state index contributed by atoms with van der Waals surface area (Å²) in [5.41, 5.74) is 1.91. The van der Waals surface area contributed by atoms with Gasteiger partial charge in [-0.2, -0.15) is 0 Å². The third kappa shape index (κ3) is 8.95. The zero-order chi connectivity index (χ0) is 22.9. The fourth-order valence-electron chi connectivity index (χ4n) is 2.71. The van der Waals surface area contributed by atoms with Crippen LogP contribution < -0.4 is 20.7 Å². The number of rotatable bonds is 8. The molecule has 0 aliphatic rings. The summed E-state index contributed by atoms with van der Waals surface area (Å²) in [4.78, 5) is 17.8. The molecule has 0 spiro atoms. The van der Waals surface area contributed by atoms with E-state index >= 15 is 0 Å². The van der Waals surface area contributed by atoms with Gasteiger partial charge in [0, 0.05) is 31.4 Å². The molecule has 0 heterocycles. The molecule has 0 saturated heterocycles. The molecule has 0 unspecified atom stereocenters. The van der Waals surface area contributed by atoms with Crippen molar-refractivity contribution in [3.63, 3.8) is 0 Å². The first-order valence-corrected chi connectivity index (χ1v) is 9.48. The summed E-state index contributed by atoms with van der Waals surface area (Å²) in [6.07, 6.45) is -4.76. The van der Waals surface area contributed by atoms with Gasteiger partial charge >= 0.3 is 6.36 Å². The zero-order valence-corrected chi connectivity index (χ0v) is 17.6. The molecule has 10 heteroatoms. The van der Waals surface area contributed by atoms with Gasteiger partial charge in [0.2, 0.25) is 5.91 Å². The van der Waals surface area contributed by atoms with Crippen molar-refractivity contribution in [2.75, 3.05) is 33.0 Å². The molecule has 31 heavy (non-hydrogen) atoms. The van der Waals surface area contributed by atoms with Gasteiger partial charge in [-0.25, -0.2) is 0 Å². The SMILES string of the molecule is CN=C(NCc1cccc(NC(=O)CN(C)C)c1)NCc1ccccc1OC(F)(F)F. The molecular formula is C21H26F3N5O2. The van der Waals surface area contributed by atoms with Gasteiger partial charge in [0.25, 0.3) is 0 Å². The molecule has 3 N–H and O–H groups in total. The number of guanidine groups is 1. The molecule has 7 nitrogen and oxygen atoms in total. The van der Waals surface area contributed by atoms with Crippen LogP contribution in [0.5, 0.6) is 5.75 Å². The van der Waals surface area contributed by atoms with Crippen LogP contribution in [0.1, 0.15) is 11.1 Å². The third-order valence-electron chi connectivity index (χ3n) is 4.00. The summed E-state index contributed by atoms with van der Waals surface area (Å²) in [6.45, 7) is 0.767. The number of carbonyl (C=O) groups is 1. The Morgan fingerprint density at radius 2 is 1.77 bits per heavy atom. The standard InChI is InChI=1S/C21H26F3N5O2/c1-25-20(27-13-16-8-4-5-10-18(16)31-21(22,23)24)26-12-15-7-6-9-17(11-15)28-19(30)14-29(2)3/h4-11H,12-14H2,1-3H3,(H,28,30)(H2,25,26,27). The number of benzene rings is 2. The lowest BCUT2D eigenvalue weighted by atomic mass is 10.2. The van der Waals surface area contributed by atoms with Gasteiger partial charge in [0.15, 0.2) is 5.96 Å². The fourth-order valence-corrected chi connectivity index (χ4v) is 2.71. The predicted octanol–water partition coefficient (Wildman–Crippen LogP) is 2.95. The summed E-state index contributed by atoms with van der Waals surface area (Å²) in [7, 11) is 5.18. The predicted molar refractivity (Wildman–Crippen MR) is 114 cm³/mol. The Morgan fingerprint density at radius 3 is 2.45 bits per heavy atom. The maximum Gasteiger partial charge on any atom is 0.573 e. The summed E-state index contributed by atoms with van der Waals surface area (Å²) >= 11 is 0. The average molecular weight is 437 g/mol. The van der Waals surface area contributed by atoms with E-state index in [9.17, 15) is 18.0 Å². The lowest BCUT2D eigenvalue weighted by molar-refractivity contribution is -0.274. The Balaban J connectivity index is 1.92. The van der Waals surface area contributed by atoms with Gasteiger partial charge in [-0.3, -0.25) is 9.79 Å². The molecule has 2 aromatic carbocycles. The second-order valence-electron chi connectivity index (χ2n) is 6.92. The van der Waals surface area contributed by atoms with Gasteiger partial charge in [-0.05, 0) is 37.9 Å². The first-order chi connectivity index (χ1) is 14.7. The van der Waals surface area contributed by atoms with Crippen molar-refractivity contribution in [3.05, 3.63) is 59.7 Å². The van der Waals surface area contributed by atoms with Gasteiger partial charge in [0.1, 0.15) is 5.75 Å². The summed E-state index contributed by atoms with van der Waals surface area (Å²) in [6, 6.07) is 13.2. The van der Waals surface area contributed by atoms with E-state index in [0.717, 1.165) is 5.56 Å². The molecule has 0 aliphatic carbocycles. The van der Waals surface area contributed by atoms with Crippen molar-refractivity contribution in [2.24, 2.45) is 4.99 Å². The first kappa shape index (κ1) is 24.0. The molecule has 0 fully saturated rings. The van der Waals surface area contributed by atoms with E-state index in [1.807, 2.05) is 32.3 Å². The van der Waals surface area contributed by atoms with E-state index in [-0.39, 0.29) is 24.7 Å². The molecule has 0 saturated carbocycles. The summed E-state index contributed by atoms with van der Waals surface area (Å²) in [5.74, 6) is 0.0234. The quantitative estimate of drug-likeness (QED) is 0.437. The average Bonchev–Trinajstić information content (AvgIpc) is 2.67. The Labute approximate surface area is 179 Å². The lowest BCUT2D eigenvalue weighted by Gasteiger charge is -2.16. The number of aliphatic imine (C=N–C) groups is 1. The maximum atomic E-state index is 12.6. The normalized spacial score (nSPS) is 11.9. The number of likely N-dealkylation sites (N-methyl/N-ethyl adjacent to an activating group) is 1. The number of anilines is 1. The maximum absolute atomic E-state index is 12.6. The van der Waals surface area contributed by atoms with Crippen molar-refractivity contribution in [1.29, 1.82) is 0 Å². The number of nitrogens with zero attached hydrogens (tertiary/aromatic N) is 2. The van der Waals surface area contributed by atoms with Gasteiger partial charge in [0.05, 0.1) is 6.54 Å². The number of ether oxygens (including phenoxy) is 1. The van der Waals surface area contributed by atoms with Crippen LogP contribution in [-0.4, -0.2) is 50.8 Å². The number of amides is 1. The first-order valence-electron chi connectivity index (χ1n) is 9.48. The van der Waals surface area contributed by atoms with E-state index in [4.69, 9.17) is 0 Å². The molecule has 0 bridgehead atoms. The van der Waals surface area contributed by atoms with Crippen LogP contribution in [0.15, 0.2) is 53.5 Å². The third-order valence-corrected chi connectivity index (χ3v) is 4.00. The van der Waals surface area contributed by atoms with Crippen molar-refractivity contribution in [3.8, 4) is 5.75 Å². The molecule has 2 rings (SSSR count). The van der Waals surface area contributed by atoms with Crippen molar-refractivity contribution in [2.45, 2.75) is 19.5 Å². The van der Waals surface area contributed by atoms with E-state index < -0.39 is 6.36 Å². The van der Waals surface area contributed by atoms with Crippen molar-refractivity contribution >= 4 is 17.6 Å². The number of hydrogen-bond acceptors (Lipinski definition) is 4. The van der Waals surface area contributed by atoms with E-state index in [0.29, 0.717) is 23.8 Å². The number of alkyl halides is 3. The number of carbonyl (C=O) groups excluding carboxylic acids is 1. The monoisotopic (exact) mass is 437 g/mol.